The highest BCUT2D eigenvalue weighted by Crippen LogP contribution is 1.99. The van der Waals surface area contributed by atoms with Gasteiger partial charge in [-0.15, -0.1) is 0 Å². The topological polar surface area (TPSA) is 136 Å². The molecule has 1 rings (SSSR count). The van der Waals surface area contributed by atoms with Crippen LogP contribution < -0.4 is 21.5 Å². The van der Waals surface area contributed by atoms with E-state index in [9.17, 15) is 14.4 Å². The predicted octanol–water partition coefficient (Wildman–Crippen LogP) is 0.635. The number of urea groups is 1. The van der Waals surface area contributed by atoms with Crippen molar-refractivity contribution in [1.29, 1.82) is 0 Å². The number of carboxylic acid groups (broad SMARTS) is 1. The van der Waals surface area contributed by atoms with Crippen molar-refractivity contribution in [2.24, 2.45) is 0 Å². The van der Waals surface area contributed by atoms with Crippen LogP contribution in [0.5, 0.6) is 0 Å². The van der Waals surface area contributed by atoms with E-state index in [4.69, 9.17) is 5.11 Å². The SMILES string of the molecule is Cc1cc(=O)nc(NC(=O)NC(C)CC(C)NC(=O)O)[nH]1. The van der Waals surface area contributed by atoms with Crippen molar-refractivity contribution < 1.29 is 14.7 Å². The highest BCUT2D eigenvalue weighted by molar-refractivity contribution is 5.87. The van der Waals surface area contributed by atoms with Crippen LogP contribution in [-0.4, -0.2) is 39.3 Å². The molecule has 9 heteroatoms. The molecule has 1 aromatic heterocycles. The van der Waals surface area contributed by atoms with Crippen LogP contribution in [-0.2, 0) is 0 Å². The number of hydrogen-bond acceptors (Lipinski definition) is 4. The number of anilines is 1. The summed E-state index contributed by atoms with van der Waals surface area (Å²) < 4.78 is 0. The molecule has 9 nitrogen and oxygen atoms in total. The zero-order chi connectivity index (χ0) is 16.0. The molecule has 0 bridgehead atoms. The molecule has 0 fully saturated rings. The van der Waals surface area contributed by atoms with Gasteiger partial charge in [-0.1, -0.05) is 0 Å². The standard InChI is InChI=1S/C12H19N5O4/c1-6(4-7(2)15-12(20)21)14-11(19)17-10-13-8(3)5-9(18)16-10/h5-7,15H,4H2,1-3H3,(H,20,21)(H3,13,14,16,17,18,19). The number of nitrogens with one attached hydrogen (secondary N) is 4. The summed E-state index contributed by atoms with van der Waals surface area (Å²) in [5.41, 5.74) is 0.131. The highest BCUT2D eigenvalue weighted by Gasteiger charge is 2.13. The number of nitrogens with zero attached hydrogens (tertiary/aromatic N) is 1. The number of aromatic nitrogens is 2. The maximum absolute atomic E-state index is 11.7. The van der Waals surface area contributed by atoms with Crippen molar-refractivity contribution in [1.82, 2.24) is 20.6 Å². The second kappa shape index (κ2) is 7.27. The molecule has 0 spiro atoms. The maximum Gasteiger partial charge on any atom is 0.404 e. The normalized spacial score (nSPS) is 13.1. The maximum atomic E-state index is 11.7. The molecular weight excluding hydrogens is 278 g/mol. The van der Waals surface area contributed by atoms with E-state index in [2.05, 4.69) is 25.9 Å². The molecule has 5 N–H and O–H groups in total. The van der Waals surface area contributed by atoms with E-state index in [1.54, 1.807) is 20.8 Å². The number of carbonyl (C=O) groups is 2. The third kappa shape index (κ3) is 6.41. The minimum Gasteiger partial charge on any atom is -0.465 e. The monoisotopic (exact) mass is 297 g/mol. The first-order valence-electron chi connectivity index (χ1n) is 6.41. The summed E-state index contributed by atoms with van der Waals surface area (Å²) in [6.07, 6.45) is -0.682. The summed E-state index contributed by atoms with van der Waals surface area (Å²) in [6.45, 7) is 5.11. The second-order valence-corrected chi connectivity index (χ2v) is 4.84. The van der Waals surface area contributed by atoms with Gasteiger partial charge in [-0.2, -0.15) is 4.98 Å². The Morgan fingerprint density at radius 1 is 1.33 bits per heavy atom. The van der Waals surface area contributed by atoms with E-state index in [1.165, 1.54) is 6.07 Å². The van der Waals surface area contributed by atoms with Gasteiger partial charge in [-0.25, -0.2) is 9.59 Å². The van der Waals surface area contributed by atoms with E-state index in [0.29, 0.717) is 12.1 Å². The Kier molecular flexibility index (Phi) is 5.70. The van der Waals surface area contributed by atoms with E-state index in [0.717, 1.165) is 0 Å². The molecule has 21 heavy (non-hydrogen) atoms. The van der Waals surface area contributed by atoms with Crippen LogP contribution in [0.1, 0.15) is 26.0 Å². The van der Waals surface area contributed by atoms with Crippen molar-refractivity contribution in [3.05, 3.63) is 22.1 Å². The van der Waals surface area contributed by atoms with Gasteiger partial charge >= 0.3 is 12.1 Å². The Morgan fingerprint density at radius 3 is 2.52 bits per heavy atom. The van der Waals surface area contributed by atoms with Crippen LogP contribution in [0.2, 0.25) is 0 Å². The number of rotatable bonds is 5. The van der Waals surface area contributed by atoms with Crippen LogP contribution in [0.25, 0.3) is 0 Å². The Hall–Kier alpha value is -2.58. The quantitative estimate of drug-likeness (QED) is 0.543. The summed E-state index contributed by atoms with van der Waals surface area (Å²) in [6, 6.07) is 0.224. The molecule has 116 valence electrons. The lowest BCUT2D eigenvalue weighted by Crippen LogP contribution is -2.41. The average Bonchev–Trinajstić information content (AvgIpc) is 2.24. The Labute approximate surface area is 121 Å². The van der Waals surface area contributed by atoms with Crippen LogP contribution in [0, 0.1) is 6.92 Å². The Bertz CT molecular complexity index is 571. The van der Waals surface area contributed by atoms with Crippen LogP contribution in [0.3, 0.4) is 0 Å². The molecule has 0 radical (unpaired) electrons. The van der Waals surface area contributed by atoms with Gasteiger partial charge in [-0.05, 0) is 27.2 Å². The first-order chi connectivity index (χ1) is 9.76. The van der Waals surface area contributed by atoms with Crippen LogP contribution in [0.15, 0.2) is 10.9 Å². The third-order valence-corrected chi connectivity index (χ3v) is 2.56. The summed E-state index contributed by atoms with van der Waals surface area (Å²) in [4.78, 5) is 39.7. The fourth-order valence-electron chi connectivity index (χ4n) is 1.86. The van der Waals surface area contributed by atoms with Crippen molar-refractivity contribution in [3.8, 4) is 0 Å². The summed E-state index contributed by atoms with van der Waals surface area (Å²) >= 11 is 0. The minimum absolute atomic E-state index is 0.0569. The zero-order valence-electron chi connectivity index (χ0n) is 12.1. The smallest absolute Gasteiger partial charge is 0.404 e. The van der Waals surface area contributed by atoms with Crippen molar-refractivity contribution >= 4 is 18.1 Å². The number of amides is 3. The van der Waals surface area contributed by atoms with E-state index in [-0.39, 0.29) is 18.0 Å². The summed E-state index contributed by atoms with van der Waals surface area (Å²) in [5, 5.41) is 15.9. The summed E-state index contributed by atoms with van der Waals surface area (Å²) in [7, 11) is 0. The fraction of sp³-hybridized carbons (Fsp3) is 0.500. The molecule has 1 heterocycles. The van der Waals surface area contributed by atoms with Gasteiger partial charge < -0.3 is 20.7 Å². The van der Waals surface area contributed by atoms with Gasteiger partial charge in [0.2, 0.25) is 5.95 Å². The molecule has 0 saturated heterocycles. The van der Waals surface area contributed by atoms with Gasteiger partial charge in [0.15, 0.2) is 0 Å². The largest absolute Gasteiger partial charge is 0.465 e. The molecule has 0 aliphatic heterocycles. The Balaban J connectivity index is 2.49. The number of H-pyrrole nitrogens is 1. The first-order valence-corrected chi connectivity index (χ1v) is 6.41. The number of aryl methyl sites for hydroxylation is 1. The van der Waals surface area contributed by atoms with Crippen molar-refractivity contribution in [2.45, 2.75) is 39.3 Å². The lowest BCUT2D eigenvalue weighted by molar-refractivity contribution is 0.189. The van der Waals surface area contributed by atoms with Gasteiger partial charge in [0.05, 0.1) is 0 Å². The fourth-order valence-corrected chi connectivity index (χ4v) is 1.86. The van der Waals surface area contributed by atoms with Gasteiger partial charge in [0.1, 0.15) is 0 Å². The number of hydrogen-bond donors (Lipinski definition) is 5. The molecule has 0 aromatic carbocycles. The van der Waals surface area contributed by atoms with Crippen LogP contribution >= 0.6 is 0 Å². The van der Waals surface area contributed by atoms with Crippen LogP contribution in [0.4, 0.5) is 15.5 Å². The van der Waals surface area contributed by atoms with E-state index >= 15 is 0 Å². The van der Waals surface area contributed by atoms with Crippen molar-refractivity contribution in [3.63, 3.8) is 0 Å². The van der Waals surface area contributed by atoms with Gasteiger partial charge in [0.25, 0.3) is 5.56 Å². The Morgan fingerprint density at radius 2 is 1.95 bits per heavy atom. The van der Waals surface area contributed by atoms with Crippen molar-refractivity contribution in [2.75, 3.05) is 5.32 Å². The predicted molar refractivity (Wildman–Crippen MR) is 76.5 cm³/mol. The first kappa shape index (κ1) is 16.5. The molecule has 2 unspecified atom stereocenters. The molecule has 0 aliphatic carbocycles. The molecule has 1 aromatic rings. The van der Waals surface area contributed by atoms with Gasteiger partial charge in [0, 0.05) is 23.8 Å². The lowest BCUT2D eigenvalue weighted by Gasteiger charge is -2.18. The number of aromatic amines is 1. The summed E-state index contributed by atoms with van der Waals surface area (Å²) in [5.74, 6) is 0.0569. The number of carbonyl (C=O) groups excluding carboxylic acids is 1. The highest BCUT2D eigenvalue weighted by atomic mass is 16.4. The molecule has 0 aliphatic rings. The zero-order valence-corrected chi connectivity index (χ0v) is 12.1. The third-order valence-electron chi connectivity index (χ3n) is 2.56. The molecule has 0 saturated carbocycles. The van der Waals surface area contributed by atoms with E-state index < -0.39 is 17.7 Å². The van der Waals surface area contributed by atoms with E-state index in [1.807, 2.05) is 0 Å². The lowest BCUT2D eigenvalue weighted by atomic mass is 10.1. The second-order valence-electron chi connectivity index (χ2n) is 4.84. The molecule has 2 atom stereocenters. The minimum atomic E-state index is -1.11. The van der Waals surface area contributed by atoms with Gasteiger partial charge in [-0.3, -0.25) is 10.1 Å². The molecule has 3 amide bonds. The molecular formula is C12H19N5O4. The average molecular weight is 297 g/mol.